The molecule has 0 heterocycles. The monoisotopic (exact) mass is 270 g/mol. The molecular weight excluding hydrogens is 244 g/mol. The molecule has 0 aromatic heterocycles. The number of nitrogens with zero attached hydrogens (tertiary/aromatic N) is 1. The molecule has 0 aliphatic heterocycles. The molecule has 0 aliphatic rings. The van der Waals surface area contributed by atoms with E-state index in [1.807, 2.05) is 0 Å². The molecule has 0 saturated heterocycles. The fourth-order valence-electron chi connectivity index (χ4n) is 0.983. The number of carbonyl (C=O) groups is 1. The Morgan fingerprint density at radius 3 is 2.26 bits per heavy atom. The van der Waals surface area contributed by atoms with Gasteiger partial charge >= 0.3 is 6.09 Å². The fraction of sp³-hybridized carbons (Fsp3) is 0.714. The Labute approximate surface area is 115 Å². The van der Waals surface area contributed by atoms with E-state index in [2.05, 4.69) is 25.8 Å². The summed E-state index contributed by atoms with van der Waals surface area (Å²) in [5.74, 6) is 0.233. The van der Waals surface area contributed by atoms with Gasteiger partial charge in [0.2, 0.25) is 0 Å². The molecule has 0 saturated carbocycles. The van der Waals surface area contributed by atoms with E-state index < -0.39 is 11.7 Å². The molecule has 1 amide bonds. The molecule has 0 unspecified atom stereocenters. The second kappa shape index (κ2) is 7.16. The van der Waals surface area contributed by atoms with Crippen LogP contribution in [-0.4, -0.2) is 24.5 Å². The Morgan fingerprint density at radius 2 is 1.79 bits per heavy atom. The average Bonchev–Trinajstić information content (AvgIpc) is 2.12. The molecule has 19 heavy (non-hydrogen) atoms. The van der Waals surface area contributed by atoms with Gasteiger partial charge in [-0.05, 0) is 32.6 Å². The molecular formula is C14H26N2O3. The van der Waals surface area contributed by atoms with E-state index in [9.17, 15) is 4.79 Å². The first kappa shape index (κ1) is 17.5. The van der Waals surface area contributed by atoms with Crippen LogP contribution in [-0.2, 0) is 9.47 Å². The number of ether oxygens (including phenoxy) is 2. The van der Waals surface area contributed by atoms with Gasteiger partial charge in [0.1, 0.15) is 5.60 Å². The highest BCUT2D eigenvalue weighted by Gasteiger charge is 2.14. The summed E-state index contributed by atoms with van der Waals surface area (Å²) in [6, 6.07) is 0. The smallest absolute Gasteiger partial charge is 0.434 e. The first-order valence-corrected chi connectivity index (χ1v) is 6.35. The van der Waals surface area contributed by atoms with Gasteiger partial charge in [-0.3, -0.25) is 0 Å². The summed E-state index contributed by atoms with van der Waals surface area (Å²) < 4.78 is 10.3. The zero-order chi connectivity index (χ0) is 15.1. The molecule has 5 nitrogen and oxygen atoms in total. The molecule has 0 aromatic rings. The van der Waals surface area contributed by atoms with Crippen LogP contribution in [0.15, 0.2) is 17.0 Å². The third kappa shape index (κ3) is 12.7. The number of rotatable bonds is 4. The fourth-order valence-corrected chi connectivity index (χ4v) is 0.983. The molecule has 0 atom stereocenters. The van der Waals surface area contributed by atoms with Crippen molar-refractivity contribution in [1.82, 2.24) is 0 Å². The number of allylic oxidation sites excluding steroid dienone is 1. The molecule has 2 N–H and O–H groups in total. The summed E-state index contributed by atoms with van der Waals surface area (Å²) in [7, 11) is 0. The predicted octanol–water partition coefficient (Wildman–Crippen LogP) is 3.25. The van der Waals surface area contributed by atoms with Gasteiger partial charge in [0.05, 0.1) is 6.61 Å². The van der Waals surface area contributed by atoms with Gasteiger partial charge in [0.25, 0.3) is 0 Å². The molecule has 0 radical (unpaired) electrons. The summed E-state index contributed by atoms with van der Waals surface area (Å²) >= 11 is 0. The van der Waals surface area contributed by atoms with E-state index in [1.165, 1.54) is 12.3 Å². The normalized spacial score (nSPS) is 13.7. The van der Waals surface area contributed by atoms with Crippen LogP contribution in [0.2, 0.25) is 0 Å². The molecule has 0 aliphatic carbocycles. The number of carbonyl (C=O) groups excluding carboxylic acids is 1. The second-order valence-corrected chi connectivity index (χ2v) is 6.49. The predicted molar refractivity (Wildman–Crippen MR) is 77.0 cm³/mol. The van der Waals surface area contributed by atoms with E-state index in [1.54, 1.807) is 20.8 Å². The average molecular weight is 270 g/mol. The summed E-state index contributed by atoms with van der Waals surface area (Å²) in [5.41, 5.74) is 5.26. The van der Waals surface area contributed by atoms with E-state index in [-0.39, 0.29) is 11.3 Å². The van der Waals surface area contributed by atoms with Crippen molar-refractivity contribution in [3.63, 3.8) is 0 Å². The van der Waals surface area contributed by atoms with Gasteiger partial charge in [-0.2, -0.15) is 4.99 Å². The molecule has 0 aromatic carbocycles. The molecule has 5 heteroatoms. The third-order valence-electron chi connectivity index (χ3n) is 1.93. The van der Waals surface area contributed by atoms with E-state index in [0.717, 1.165) is 6.42 Å². The topological polar surface area (TPSA) is 73.9 Å². The summed E-state index contributed by atoms with van der Waals surface area (Å²) in [5, 5.41) is 0. The number of hydrogen-bond acceptors (Lipinski definition) is 4. The minimum Gasteiger partial charge on any atom is -0.479 e. The Hall–Kier alpha value is -1.52. The van der Waals surface area contributed by atoms with Crippen LogP contribution < -0.4 is 5.73 Å². The van der Waals surface area contributed by atoms with Crippen molar-refractivity contribution in [2.24, 2.45) is 16.1 Å². The van der Waals surface area contributed by atoms with Crippen molar-refractivity contribution in [1.29, 1.82) is 0 Å². The Kier molecular flexibility index (Phi) is 6.59. The van der Waals surface area contributed by atoms with Gasteiger partial charge in [-0.1, -0.05) is 20.8 Å². The highest BCUT2D eigenvalue weighted by Crippen LogP contribution is 2.18. The zero-order valence-electron chi connectivity index (χ0n) is 12.8. The van der Waals surface area contributed by atoms with Gasteiger partial charge < -0.3 is 15.2 Å². The van der Waals surface area contributed by atoms with E-state index in [0.29, 0.717) is 6.61 Å². The van der Waals surface area contributed by atoms with Crippen LogP contribution in [0.3, 0.4) is 0 Å². The second-order valence-electron chi connectivity index (χ2n) is 6.49. The highest BCUT2D eigenvalue weighted by atomic mass is 16.6. The van der Waals surface area contributed by atoms with Crippen LogP contribution in [0.5, 0.6) is 0 Å². The molecule has 0 spiro atoms. The van der Waals surface area contributed by atoms with Crippen LogP contribution >= 0.6 is 0 Å². The number of amides is 1. The highest BCUT2D eigenvalue weighted by molar-refractivity contribution is 5.84. The Morgan fingerprint density at radius 1 is 1.21 bits per heavy atom. The van der Waals surface area contributed by atoms with Crippen molar-refractivity contribution in [2.75, 3.05) is 6.61 Å². The van der Waals surface area contributed by atoms with Gasteiger partial charge in [0, 0.05) is 12.3 Å². The summed E-state index contributed by atoms with van der Waals surface area (Å²) in [4.78, 5) is 14.8. The number of aliphatic imine (C=N–C) groups is 1. The summed E-state index contributed by atoms with van der Waals surface area (Å²) in [6.45, 7) is 12.2. The van der Waals surface area contributed by atoms with Crippen LogP contribution in [0.25, 0.3) is 0 Å². The van der Waals surface area contributed by atoms with Crippen LogP contribution in [0.4, 0.5) is 4.79 Å². The largest absolute Gasteiger partial charge is 0.479 e. The lowest BCUT2D eigenvalue weighted by Crippen LogP contribution is -2.21. The van der Waals surface area contributed by atoms with Crippen molar-refractivity contribution >= 4 is 12.3 Å². The SMILES string of the molecule is CC(C)(C)CCO/C(N)=C/C=N/C(=O)OC(C)(C)C. The summed E-state index contributed by atoms with van der Waals surface area (Å²) in [6.07, 6.45) is 2.96. The van der Waals surface area contributed by atoms with Gasteiger partial charge in [-0.25, -0.2) is 4.79 Å². The van der Waals surface area contributed by atoms with Gasteiger partial charge in [-0.15, -0.1) is 0 Å². The first-order chi connectivity index (χ1) is 8.49. The lowest BCUT2D eigenvalue weighted by molar-refractivity contribution is 0.0605. The van der Waals surface area contributed by atoms with E-state index in [4.69, 9.17) is 15.2 Å². The van der Waals surface area contributed by atoms with Crippen molar-refractivity contribution in [2.45, 2.75) is 53.6 Å². The maximum Gasteiger partial charge on any atom is 0.434 e. The first-order valence-electron chi connectivity index (χ1n) is 6.35. The standard InChI is InChI=1S/C14H26N2O3/c1-13(2,3)8-10-18-11(15)7-9-16-12(17)19-14(4,5)6/h7,9H,8,10,15H2,1-6H3/b11-7+,16-9+. The number of hydrogen-bond donors (Lipinski definition) is 1. The van der Waals surface area contributed by atoms with Crippen LogP contribution in [0, 0.1) is 5.41 Å². The Bertz CT molecular complexity index is 347. The minimum atomic E-state index is -0.647. The molecule has 0 bridgehead atoms. The van der Waals surface area contributed by atoms with Crippen molar-refractivity contribution in [3.05, 3.63) is 12.0 Å². The van der Waals surface area contributed by atoms with Crippen LogP contribution in [0.1, 0.15) is 48.0 Å². The lowest BCUT2D eigenvalue weighted by Gasteiger charge is -2.17. The lowest BCUT2D eigenvalue weighted by atomic mass is 9.93. The maximum atomic E-state index is 11.3. The van der Waals surface area contributed by atoms with Crippen molar-refractivity contribution < 1.29 is 14.3 Å². The molecule has 0 fully saturated rings. The third-order valence-corrected chi connectivity index (χ3v) is 1.93. The zero-order valence-corrected chi connectivity index (χ0v) is 12.8. The number of nitrogens with two attached hydrogens (primary N) is 1. The minimum absolute atomic E-state index is 0.199. The van der Waals surface area contributed by atoms with E-state index >= 15 is 0 Å². The molecule has 110 valence electrons. The maximum absolute atomic E-state index is 11.3. The Balaban J connectivity index is 4.07. The quantitative estimate of drug-likeness (QED) is 0.628. The molecule has 0 rings (SSSR count). The van der Waals surface area contributed by atoms with Crippen molar-refractivity contribution in [3.8, 4) is 0 Å². The van der Waals surface area contributed by atoms with Gasteiger partial charge in [0.15, 0.2) is 5.88 Å².